The number of benzene rings is 2. The lowest BCUT2D eigenvalue weighted by atomic mass is 10.2. The Balaban J connectivity index is 2.13. The fourth-order valence-electron chi connectivity index (χ4n) is 2.12. The van der Waals surface area contributed by atoms with Crippen LogP contribution in [0.3, 0.4) is 0 Å². The van der Waals surface area contributed by atoms with Crippen molar-refractivity contribution in [2.45, 2.75) is 6.54 Å². The van der Waals surface area contributed by atoms with Gasteiger partial charge in [-0.15, -0.1) is 0 Å². The molecule has 0 aliphatic heterocycles. The molecule has 2 aromatic carbocycles. The molecular formula is C14H10Cl2N2O. The zero-order valence-electron chi connectivity index (χ0n) is 9.86. The van der Waals surface area contributed by atoms with Crippen LogP contribution in [-0.2, 0) is 6.54 Å². The summed E-state index contributed by atoms with van der Waals surface area (Å²) < 4.78 is 1.65. The van der Waals surface area contributed by atoms with E-state index in [0.717, 1.165) is 11.1 Å². The average Bonchev–Trinajstić information content (AvgIpc) is 2.69. The lowest BCUT2D eigenvalue weighted by Crippen LogP contribution is -2.17. The number of aromatic nitrogens is 2. The second-order valence-corrected chi connectivity index (χ2v) is 5.12. The highest BCUT2D eigenvalue weighted by molar-refractivity contribution is 6.34. The average molecular weight is 293 g/mol. The monoisotopic (exact) mass is 292 g/mol. The normalized spacial score (nSPS) is 11.1. The van der Waals surface area contributed by atoms with Gasteiger partial charge in [0.15, 0.2) is 0 Å². The van der Waals surface area contributed by atoms with Crippen molar-refractivity contribution in [3.05, 3.63) is 68.6 Å². The Bertz CT molecular complexity index is 805. The molecule has 3 rings (SSSR count). The molecule has 5 heteroatoms. The van der Waals surface area contributed by atoms with Crippen molar-refractivity contribution in [2.24, 2.45) is 0 Å². The van der Waals surface area contributed by atoms with Crippen molar-refractivity contribution < 1.29 is 0 Å². The lowest BCUT2D eigenvalue weighted by Gasteiger charge is -2.04. The van der Waals surface area contributed by atoms with E-state index < -0.39 is 0 Å². The Kier molecular flexibility index (Phi) is 3.09. The van der Waals surface area contributed by atoms with Crippen LogP contribution in [0.2, 0.25) is 10.0 Å². The molecule has 19 heavy (non-hydrogen) atoms. The zero-order chi connectivity index (χ0) is 13.4. The second-order valence-electron chi connectivity index (χ2n) is 4.28. The highest BCUT2D eigenvalue weighted by Crippen LogP contribution is 2.21. The number of H-pyrrole nitrogens is 1. The SMILES string of the molecule is O=c1[nH]c2c(Cl)cccc2n1Cc1cccc(Cl)c1. The minimum absolute atomic E-state index is 0.178. The number of hydrogen-bond acceptors (Lipinski definition) is 1. The topological polar surface area (TPSA) is 37.8 Å². The standard InChI is InChI=1S/C14H10Cl2N2O/c15-10-4-1-3-9(7-10)8-18-12-6-2-5-11(16)13(12)17-14(18)19/h1-7H,8H2,(H,17,19). The van der Waals surface area contributed by atoms with Gasteiger partial charge in [-0.3, -0.25) is 4.57 Å². The van der Waals surface area contributed by atoms with E-state index in [1.807, 2.05) is 30.3 Å². The predicted octanol–water partition coefficient (Wildman–Crippen LogP) is 3.68. The molecule has 0 atom stereocenters. The molecule has 0 fully saturated rings. The molecule has 0 spiro atoms. The number of para-hydroxylation sites is 1. The van der Waals surface area contributed by atoms with Crippen LogP contribution in [0.4, 0.5) is 0 Å². The first-order valence-corrected chi connectivity index (χ1v) is 6.52. The number of halogens is 2. The van der Waals surface area contributed by atoms with Gasteiger partial charge < -0.3 is 4.98 Å². The van der Waals surface area contributed by atoms with Gasteiger partial charge in [0, 0.05) is 5.02 Å². The summed E-state index contributed by atoms with van der Waals surface area (Å²) >= 11 is 12.0. The summed E-state index contributed by atoms with van der Waals surface area (Å²) in [6.45, 7) is 0.458. The van der Waals surface area contributed by atoms with E-state index in [1.54, 1.807) is 16.7 Å². The number of hydrogen-bond donors (Lipinski definition) is 1. The van der Waals surface area contributed by atoms with Crippen LogP contribution >= 0.6 is 23.2 Å². The van der Waals surface area contributed by atoms with Crippen molar-refractivity contribution in [3.63, 3.8) is 0 Å². The van der Waals surface area contributed by atoms with Crippen LogP contribution in [0.15, 0.2) is 47.3 Å². The summed E-state index contributed by atoms with van der Waals surface area (Å²) in [5.41, 5.74) is 2.24. The Morgan fingerprint density at radius 2 is 1.89 bits per heavy atom. The minimum Gasteiger partial charge on any atom is -0.304 e. The van der Waals surface area contributed by atoms with Crippen LogP contribution in [0.25, 0.3) is 11.0 Å². The highest BCUT2D eigenvalue weighted by atomic mass is 35.5. The zero-order valence-corrected chi connectivity index (χ0v) is 11.4. The van der Waals surface area contributed by atoms with E-state index in [0.29, 0.717) is 22.1 Å². The van der Waals surface area contributed by atoms with Gasteiger partial charge in [-0.1, -0.05) is 41.4 Å². The second kappa shape index (κ2) is 4.76. The molecule has 0 saturated carbocycles. The maximum atomic E-state index is 12.0. The maximum Gasteiger partial charge on any atom is 0.326 e. The number of rotatable bonds is 2. The molecule has 0 aliphatic rings. The Labute approximate surface area is 119 Å². The Hall–Kier alpha value is -1.71. The van der Waals surface area contributed by atoms with Gasteiger partial charge in [-0.25, -0.2) is 4.79 Å². The van der Waals surface area contributed by atoms with Gasteiger partial charge in [0.25, 0.3) is 0 Å². The van der Waals surface area contributed by atoms with Crippen molar-refractivity contribution in [1.82, 2.24) is 9.55 Å². The first-order valence-electron chi connectivity index (χ1n) is 5.76. The van der Waals surface area contributed by atoms with Gasteiger partial charge in [-0.2, -0.15) is 0 Å². The van der Waals surface area contributed by atoms with Crippen molar-refractivity contribution in [3.8, 4) is 0 Å². The minimum atomic E-state index is -0.178. The number of nitrogens with zero attached hydrogens (tertiary/aromatic N) is 1. The molecule has 3 nitrogen and oxygen atoms in total. The molecule has 1 N–H and O–H groups in total. The van der Waals surface area contributed by atoms with Crippen molar-refractivity contribution >= 4 is 34.2 Å². The van der Waals surface area contributed by atoms with Gasteiger partial charge in [-0.05, 0) is 29.8 Å². The molecule has 0 radical (unpaired) electrons. The fourth-order valence-corrected chi connectivity index (χ4v) is 2.55. The molecule has 1 heterocycles. The molecule has 3 aromatic rings. The smallest absolute Gasteiger partial charge is 0.304 e. The molecular weight excluding hydrogens is 283 g/mol. The first kappa shape index (κ1) is 12.3. The van der Waals surface area contributed by atoms with Crippen molar-refractivity contribution in [2.75, 3.05) is 0 Å². The third kappa shape index (κ3) is 2.27. The summed E-state index contributed by atoms with van der Waals surface area (Å²) in [4.78, 5) is 14.8. The molecule has 1 aromatic heterocycles. The van der Waals surface area contributed by atoms with E-state index in [1.165, 1.54) is 0 Å². The van der Waals surface area contributed by atoms with E-state index in [2.05, 4.69) is 4.98 Å². The number of fused-ring (bicyclic) bond motifs is 1. The van der Waals surface area contributed by atoms with Crippen molar-refractivity contribution in [1.29, 1.82) is 0 Å². The number of imidazole rings is 1. The van der Waals surface area contributed by atoms with Crippen LogP contribution in [-0.4, -0.2) is 9.55 Å². The molecule has 0 saturated heterocycles. The summed E-state index contributed by atoms with van der Waals surface area (Å²) in [7, 11) is 0. The molecule has 0 aliphatic carbocycles. The largest absolute Gasteiger partial charge is 0.326 e. The molecule has 0 amide bonds. The summed E-state index contributed by atoms with van der Waals surface area (Å²) in [5.74, 6) is 0. The van der Waals surface area contributed by atoms with E-state index >= 15 is 0 Å². The maximum absolute atomic E-state index is 12.0. The summed E-state index contributed by atoms with van der Waals surface area (Å²) in [6, 6.07) is 12.9. The summed E-state index contributed by atoms with van der Waals surface area (Å²) in [5, 5.41) is 1.20. The predicted molar refractivity (Wildman–Crippen MR) is 78.1 cm³/mol. The van der Waals surface area contributed by atoms with Crippen LogP contribution < -0.4 is 5.69 Å². The van der Waals surface area contributed by atoms with Crippen LogP contribution in [0.1, 0.15) is 5.56 Å². The van der Waals surface area contributed by atoms with Gasteiger partial charge in [0.05, 0.1) is 22.6 Å². The quantitative estimate of drug-likeness (QED) is 0.769. The first-order chi connectivity index (χ1) is 9.15. The number of nitrogens with one attached hydrogen (secondary N) is 1. The third-order valence-electron chi connectivity index (χ3n) is 2.99. The van der Waals surface area contributed by atoms with Gasteiger partial charge in [0.2, 0.25) is 0 Å². The van der Waals surface area contributed by atoms with E-state index in [4.69, 9.17) is 23.2 Å². The molecule has 0 bridgehead atoms. The molecule has 0 unspecified atom stereocenters. The third-order valence-corrected chi connectivity index (χ3v) is 3.54. The Morgan fingerprint density at radius 1 is 1.11 bits per heavy atom. The van der Waals surface area contributed by atoms with E-state index in [9.17, 15) is 4.79 Å². The van der Waals surface area contributed by atoms with Gasteiger partial charge >= 0.3 is 5.69 Å². The molecule has 96 valence electrons. The highest BCUT2D eigenvalue weighted by Gasteiger charge is 2.09. The Morgan fingerprint density at radius 3 is 2.68 bits per heavy atom. The van der Waals surface area contributed by atoms with Crippen LogP contribution in [0, 0.1) is 0 Å². The van der Waals surface area contributed by atoms with Gasteiger partial charge in [0.1, 0.15) is 0 Å². The number of aromatic amines is 1. The van der Waals surface area contributed by atoms with Crippen LogP contribution in [0.5, 0.6) is 0 Å². The lowest BCUT2D eigenvalue weighted by molar-refractivity contribution is 0.787. The summed E-state index contributed by atoms with van der Waals surface area (Å²) in [6.07, 6.45) is 0. The van der Waals surface area contributed by atoms with E-state index in [-0.39, 0.29) is 5.69 Å². The fraction of sp³-hybridized carbons (Fsp3) is 0.0714.